The Labute approximate surface area is 100 Å². The summed E-state index contributed by atoms with van der Waals surface area (Å²) < 4.78 is 0. The van der Waals surface area contributed by atoms with Gasteiger partial charge in [0.1, 0.15) is 5.82 Å². The van der Waals surface area contributed by atoms with Crippen molar-refractivity contribution in [3.05, 3.63) is 12.1 Å². The van der Waals surface area contributed by atoms with E-state index in [2.05, 4.69) is 26.1 Å². The minimum absolute atomic E-state index is 0.0961. The van der Waals surface area contributed by atoms with Crippen LogP contribution in [0.1, 0.15) is 26.7 Å². The van der Waals surface area contributed by atoms with Crippen LogP contribution in [-0.2, 0) is 0 Å². The number of hydrogen-bond acceptors (Lipinski definition) is 4. The second kappa shape index (κ2) is 4.99. The molecule has 0 bridgehead atoms. The first-order chi connectivity index (χ1) is 8.13. The van der Waals surface area contributed by atoms with E-state index in [0.717, 1.165) is 5.82 Å². The average Bonchev–Trinajstić information content (AvgIpc) is 3.03. The Bertz CT molecular complexity index is 385. The Morgan fingerprint density at radius 2 is 1.94 bits per heavy atom. The van der Waals surface area contributed by atoms with Crippen molar-refractivity contribution in [1.29, 1.82) is 0 Å². The molecule has 0 radical (unpaired) electrons. The van der Waals surface area contributed by atoms with E-state index in [4.69, 9.17) is 0 Å². The zero-order valence-corrected chi connectivity index (χ0v) is 10.0. The first kappa shape index (κ1) is 11.6. The third-order valence-corrected chi connectivity index (χ3v) is 2.26. The average molecular weight is 235 g/mol. The van der Waals surface area contributed by atoms with Gasteiger partial charge in [0, 0.05) is 12.1 Å². The third-order valence-electron chi connectivity index (χ3n) is 2.26. The molecule has 0 spiro atoms. The normalized spacial score (nSPS) is 14.5. The zero-order chi connectivity index (χ0) is 12.3. The molecule has 1 fully saturated rings. The molecule has 1 aromatic heterocycles. The number of carbonyl (C=O) groups excluding carboxylic acids is 1. The first-order valence-corrected chi connectivity index (χ1v) is 5.81. The van der Waals surface area contributed by atoms with Crippen molar-refractivity contribution in [2.45, 2.75) is 38.8 Å². The van der Waals surface area contributed by atoms with Crippen LogP contribution >= 0.6 is 0 Å². The number of nitrogens with zero attached hydrogens (tertiary/aromatic N) is 2. The fourth-order valence-corrected chi connectivity index (χ4v) is 1.33. The monoisotopic (exact) mass is 235 g/mol. The van der Waals surface area contributed by atoms with Crippen molar-refractivity contribution in [2.75, 3.05) is 10.6 Å². The molecule has 0 saturated heterocycles. The topological polar surface area (TPSA) is 78.9 Å². The Morgan fingerprint density at radius 1 is 1.29 bits per heavy atom. The van der Waals surface area contributed by atoms with Gasteiger partial charge in [-0.3, -0.25) is 5.32 Å². The Kier molecular flexibility index (Phi) is 3.41. The number of anilines is 2. The fraction of sp³-hybridized carbons (Fsp3) is 0.545. The molecular weight excluding hydrogens is 218 g/mol. The molecule has 6 heteroatoms. The Hall–Kier alpha value is -1.85. The number of aromatic nitrogens is 2. The summed E-state index contributed by atoms with van der Waals surface area (Å²) in [6.07, 6.45) is 2.39. The summed E-state index contributed by atoms with van der Waals surface area (Å²) in [5.41, 5.74) is 0. The van der Waals surface area contributed by atoms with Gasteiger partial charge in [-0.25, -0.2) is 4.79 Å². The molecule has 0 aromatic carbocycles. The second-order valence-electron chi connectivity index (χ2n) is 4.48. The van der Waals surface area contributed by atoms with Crippen molar-refractivity contribution in [2.24, 2.45) is 0 Å². The number of carbonyl (C=O) groups is 1. The number of urea groups is 1. The maximum Gasteiger partial charge on any atom is 0.320 e. The molecule has 1 aliphatic carbocycles. The van der Waals surface area contributed by atoms with E-state index >= 15 is 0 Å². The van der Waals surface area contributed by atoms with Gasteiger partial charge < -0.3 is 10.6 Å². The fourth-order valence-electron chi connectivity index (χ4n) is 1.33. The standard InChI is InChI=1S/C11H17N5O/c1-7(2)12-11(17)14-10-6-5-9(15-16-10)13-8-3-4-8/h5-8H,3-4H2,1-2H3,(H,13,15)(H2,12,14,16,17). The predicted octanol–water partition coefficient (Wildman–Crippen LogP) is 1.58. The molecule has 1 aliphatic rings. The second-order valence-corrected chi connectivity index (χ2v) is 4.48. The van der Waals surface area contributed by atoms with E-state index in [9.17, 15) is 4.79 Å². The highest BCUT2D eigenvalue weighted by Crippen LogP contribution is 2.23. The highest BCUT2D eigenvalue weighted by Gasteiger charge is 2.21. The molecule has 6 nitrogen and oxygen atoms in total. The number of amides is 2. The molecule has 0 atom stereocenters. The lowest BCUT2D eigenvalue weighted by Crippen LogP contribution is -2.34. The van der Waals surface area contributed by atoms with Gasteiger partial charge in [-0.2, -0.15) is 0 Å². The molecule has 1 aromatic rings. The van der Waals surface area contributed by atoms with Crippen LogP contribution in [-0.4, -0.2) is 28.3 Å². The molecular formula is C11H17N5O. The van der Waals surface area contributed by atoms with Crippen molar-refractivity contribution in [3.63, 3.8) is 0 Å². The summed E-state index contributed by atoms with van der Waals surface area (Å²) in [6, 6.07) is 3.93. The SMILES string of the molecule is CC(C)NC(=O)Nc1ccc(NC2CC2)nn1. The molecule has 2 amide bonds. The number of hydrogen-bond donors (Lipinski definition) is 3. The van der Waals surface area contributed by atoms with Crippen LogP contribution in [0.2, 0.25) is 0 Å². The number of rotatable bonds is 4. The van der Waals surface area contributed by atoms with E-state index in [-0.39, 0.29) is 12.1 Å². The van der Waals surface area contributed by atoms with Crippen LogP contribution in [0, 0.1) is 0 Å². The predicted molar refractivity (Wildman–Crippen MR) is 66.0 cm³/mol. The summed E-state index contributed by atoms with van der Waals surface area (Å²) in [5, 5.41) is 16.5. The van der Waals surface area contributed by atoms with E-state index in [1.54, 1.807) is 6.07 Å². The minimum Gasteiger partial charge on any atom is -0.366 e. The summed E-state index contributed by atoms with van der Waals surface area (Å²) in [7, 11) is 0. The van der Waals surface area contributed by atoms with E-state index in [1.165, 1.54) is 12.8 Å². The van der Waals surface area contributed by atoms with Gasteiger partial charge in [0.2, 0.25) is 0 Å². The van der Waals surface area contributed by atoms with Gasteiger partial charge in [0.15, 0.2) is 5.82 Å². The molecule has 3 N–H and O–H groups in total. The summed E-state index contributed by atoms with van der Waals surface area (Å²) in [5.74, 6) is 1.20. The van der Waals surface area contributed by atoms with Gasteiger partial charge in [0.25, 0.3) is 0 Å². The molecule has 17 heavy (non-hydrogen) atoms. The van der Waals surface area contributed by atoms with Crippen molar-refractivity contribution in [1.82, 2.24) is 15.5 Å². The van der Waals surface area contributed by atoms with Crippen LogP contribution < -0.4 is 16.0 Å². The third kappa shape index (κ3) is 3.90. The van der Waals surface area contributed by atoms with Crippen LogP contribution in [0.25, 0.3) is 0 Å². The lowest BCUT2D eigenvalue weighted by molar-refractivity contribution is 0.250. The van der Waals surface area contributed by atoms with Crippen molar-refractivity contribution >= 4 is 17.7 Å². The largest absolute Gasteiger partial charge is 0.366 e. The lowest BCUT2D eigenvalue weighted by atomic mass is 10.4. The first-order valence-electron chi connectivity index (χ1n) is 5.81. The highest BCUT2D eigenvalue weighted by molar-refractivity contribution is 5.88. The van der Waals surface area contributed by atoms with Gasteiger partial charge in [0.05, 0.1) is 0 Å². The summed E-state index contributed by atoms with van der Waals surface area (Å²) in [6.45, 7) is 3.79. The van der Waals surface area contributed by atoms with Crippen LogP contribution in [0.5, 0.6) is 0 Å². The zero-order valence-electron chi connectivity index (χ0n) is 10.0. The van der Waals surface area contributed by atoms with Crippen LogP contribution in [0.4, 0.5) is 16.4 Å². The van der Waals surface area contributed by atoms with Crippen LogP contribution in [0.3, 0.4) is 0 Å². The van der Waals surface area contributed by atoms with E-state index in [1.807, 2.05) is 19.9 Å². The molecule has 1 heterocycles. The van der Waals surface area contributed by atoms with Gasteiger partial charge in [-0.1, -0.05) is 0 Å². The van der Waals surface area contributed by atoms with Gasteiger partial charge >= 0.3 is 6.03 Å². The maximum atomic E-state index is 11.4. The Morgan fingerprint density at radius 3 is 2.47 bits per heavy atom. The minimum atomic E-state index is -0.266. The highest BCUT2D eigenvalue weighted by atomic mass is 16.2. The van der Waals surface area contributed by atoms with Crippen LogP contribution in [0.15, 0.2) is 12.1 Å². The molecule has 1 saturated carbocycles. The smallest absolute Gasteiger partial charge is 0.320 e. The summed E-state index contributed by atoms with van der Waals surface area (Å²) in [4.78, 5) is 11.4. The molecule has 2 rings (SSSR count). The maximum absolute atomic E-state index is 11.4. The quantitative estimate of drug-likeness (QED) is 0.740. The van der Waals surface area contributed by atoms with E-state index < -0.39 is 0 Å². The molecule has 92 valence electrons. The summed E-state index contributed by atoms with van der Waals surface area (Å²) >= 11 is 0. The number of nitrogens with one attached hydrogen (secondary N) is 3. The van der Waals surface area contributed by atoms with E-state index in [0.29, 0.717) is 11.9 Å². The molecule has 0 aliphatic heterocycles. The van der Waals surface area contributed by atoms with Crippen molar-refractivity contribution in [3.8, 4) is 0 Å². The lowest BCUT2D eigenvalue weighted by Gasteiger charge is -2.09. The van der Waals surface area contributed by atoms with Gasteiger partial charge in [-0.15, -0.1) is 10.2 Å². The van der Waals surface area contributed by atoms with Crippen molar-refractivity contribution < 1.29 is 4.79 Å². The molecule has 0 unspecified atom stereocenters. The van der Waals surface area contributed by atoms with Gasteiger partial charge in [-0.05, 0) is 38.8 Å². The Balaban J connectivity index is 1.86.